The first-order valence-corrected chi connectivity index (χ1v) is 8.34. The predicted molar refractivity (Wildman–Crippen MR) is 100 cm³/mol. The normalized spacial score (nSPS) is 10.4. The van der Waals surface area contributed by atoms with E-state index >= 15 is 0 Å². The SMILES string of the molecule is O=C(Nc1c(Cl)cccc1Cl)c1cnc(NCc2ccc(F)cc2)cn1. The molecule has 3 rings (SSSR count). The van der Waals surface area contributed by atoms with Crippen molar-refractivity contribution >= 4 is 40.6 Å². The van der Waals surface area contributed by atoms with Crippen molar-refractivity contribution in [2.75, 3.05) is 10.6 Å². The number of carbonyl (C=O) groups excluding carboxylic acids is 1. The smallest absolute Gasteiger partial charge is 0.275 e. The molecule has 0 saturated carbocycles. The Morgan fingerprint density at radius 1 is 1.00 bits per heavy atom. The van der Waals surface area contributed by atoms with Gasteiger partial charge in [0, 0.05) is 6.54 Å². The van der Waals surface area contributed by atoms with Crippen LogP contribution in [0, 0.1) is 5.82 Å². The number of carbonyl (C=O) groups is 1. The van der Waals surface area contributed by atoms with Crippen molar-refractivity contribution in [3.05, 3.63) is 82.0 Å². The summed E-state index contributed by atoms with van der Waals surface area (Å²) in [5.41, 5.74) is 1.33. The Morgan fingerprint density at radius 3 is 2.31 bits per heavy atom. The van der Waals surface area contributed by atoms with Crippen molar-refractivity contribution in [2.45, 2.75) is 6.54 Å². The monoisotopic (exact) mass is 390 g/mol. The first-order valence-electron chi connectivity index (χ1n) is 7.58. The van der Waals surface area contributed by atoms with Crippen molar-refractivity contribution in [3.8, 4) is 0 Å². The van der Waals surface area contributed by atoms with Gasteiger partial charge in [-0.05, 0) is 29.8 Å². The van der Waals surface area contributed by atoms with Gasteiger partial charge in [0.25, 0.3) is 5.91 Å². The van der Waals surface area contributed by atoms with Crippen LogP contribution in [0.4, 0.5) is 15.9 Å². The molecule has 2 N–H and O–H groups in total. The maximum Gasteiger partial charge on any atom is 0.275 e. The highest BCUT2D eigenvalue weighted by Crippen LogP contribution is 2.30. The number of hydrogen-bond acceptors (Lipinski definition) is 4. The number of amides is 1. The molecular weight excluding hydrogens is 378 g/mol. The highest BCUT2D eigenvalue weighted by Gasteiger charge is 2.13. The minimum Gasteiger partial charge on any atom is -0.365 e. The van der Waals surface area contributed by atoms with Gasteiger partial charge < -0.3 is 10.6 Å². The number of benzene rings is 2. The van der Waals surface area contributed by atoms with Crippen LogP contribution in [-0.4, -0.2) is 15.9 Å². The Bertz CT molecular complexity index is 897. The van der Waals surface area contributed by atoms with Gasteiger partial charge in [-0.15, -0.1) is 0 Å². The predicted octanol–water partition coefficient (Wildman–Crippen LogP) is 4.79. The van der Waals surface area contributed by atoms with Crippen molar-refractivity contribution < 1.29 is 9.18 Å². The quantitative estimate of drug-likeness (QED) is 0.657. The zero-order valence-electron chi connectivity index (χ0n) is 13.3. The fourth-order valence-electron chi connectivity index (χ4n) is 2.13. The van der Waals surface area contributed by atoms with E-state index in [9.17, 15) is 9.18 Å². The van der Waals surface area contributed by atoms with Crippen molar-refractivity contribution in [1.29, 1.82) is 0 Å². The van der Waals surface area contributed by atoms with E-state index in [1.54, 1.807) is 30.3 Å². The molecule has 0 spiro atoms. The fraction of sp³-hybridized carbons (Fsp3) is 0.0556. The Kier molecular flexibility index (Phi) is 5.65. The number of para-hydroxylation sites is 1. The maximum absolute atomic E-state index is 12.9. The number of nitrogens with one attached hydrogen (secondary N) is 2. The lowest BCUT2D eigenvalue weighted by atomic mass is 10.2. The second-order valence-electron chi connectivity index (χ2n) is 5.32. The van der Waals surface area contributed by atoms with Gasteiger partial charge in [-0.25, -0.2) is 14.4 Å². The molecule has 1 amide bonds. The molecule has 1 heterocycles. The lowest BCUT2D eigenvalue weighted by molar-refractivity contribution is 0.102. The molecule has 0 aliphatic rings. The molecule has 0 fully saturated rings. The van der Waals surface area contributed by atoms with E-state index < -0.39 is 5.91 Å². The van der Waals surface area contributed by atoms with Crippen molar-refractivity contribution in [3.63, 3.8) is 0 Å². The van der Waals surface area contributed by atoms with E-state index in [0.29, 0.717) is 28.1 Å². The number of halogens is 3. The second kappa shape index (κ2) is 8.12. The van der Waals surface area contributed by atoms with E-state index in [-0.39, 0.29) is 11.5 Å². The summed E-state index contributed by atoms with van der Waals surface area (Å²) in [4.78, 5) is 20.5. The summed E-state index contributed by atoms with van der Waals surface area (Å²) >= 11 is 12.1. The summed E-state index contributed by atoms with van der Waals surface area (Å²) in [5.74, 6) is -0.276. The summed E-state index contributed by atoms with van der Waals surface area (Å²) in [6.45, 7) is 0.454. The van der Waals surface area contributed by atoms with Gasteiger partial charge >= 0.3 is 0 Å². The van der Waals surface area contributed by atoms with E-state index in [1.807, 2.05) is 0 Å². The molecule has 2 aromatic carbocycles. The number of nitrogens with zero attached hydrogens (tertiary/aromatic N) is 2. The highest BCUT2D eigenvalue weighted by atomic mass is 35.5. The van der Waals surface area contributed by atoms with Crippen LogP contribution in [0.5, 0.6) is 0 Å². The minimum atomic E-state index is -0.474. The average molecular weight is 391 g/mol. The van der Waals surface area contributed by atoms with Crippen LogP contribution in [-0.2, 0) is 6.54 Å². The minimum absolute atomic E-state index is 0.119. The summed E-state index contributed by atoms with van der Waals surface area (Å²) in [5, 5.41) is 6.32. The van der Waals surface area contributed by atoms with Crippen molar-refractivity contribution in [1.82, 2.24) is 9.97 Å². The number of rotatable bonds is 5. The topological polar surface area (TPSA) is 66.9 Å². The molecule has 0 aliphatic heterocycles. The third-order valence-electron chi connectivity index (χ3n) is 3.47. The summed E-state index contributed by atoms with van der Waals surface area (Å²) in [7, 11) is 0. The van der Waals surface area contributed by atoms with Gasteiger partial charge in [-0.2, -0.15) is 0 Å². The zero-order valence-corrected chi connectivity index (χ0v) is 14.9. The molecule has 5 nitrogen and oxygen atoms in total. The molecule has 0 atom stereocenters. The first-order chi connectivity index (χ1) is 12.5. The maximum atomic E-state index is 12.9. The molecule has 0 unspecified atom stereocenters. The first kappa shape index (κ1) is 18.1. The molecule has 8 heteroatoms. The van der Waals surface area contributed by atoms with Crippen LogP contribution in [0.3, 0.4) is 0 Å². The Balaban J connectivity index is 1.63. The molecule has 1 aromatic heterocycles. The van der Waals surface area contributed by atoms with Gasteiger partial charge in [0.05, 0.1) is 28.1 Å². The van der Waals surface area contributed by atoms with Crippen LogP contribution in [0.2, 0.25) is 10.0 Å². The van der Waals surface area contributed by atoms with Gasteiger partial charge in [-0.3, -0.25) is 4.79 Å². The third kappa shape index (κ3) is 4.47. The van der Waals surface area contributed by atoms with Gasteiger partial charge in [0.2, 0.25) is 0 Å². The van der Waals surface area contributed by atoms with E-state index in [4.69, 9.17) is 23.2 Å². The van der Waals surface area contributed by atoms with Crippen LogP contribution < -0.4 is 10.6 Å². The second-order valence-corrected chi connectivity index (χ2v) is 6.13. The van der Waals surface area contributed by atoms with Crippen LogP contribution in [0.15, 0.2) is 54.9 Å². The standard InChI is InChI=1S/C18H13Cl2FN4O/c19-13-2-1-3-14(20)17(13)25-18(26)15-9-24-16(10-22-15)23-8-11-4-6-12(21)7-5-11/h1-7,9-10H,8H2,(H,23,24)(H,25,26). The summed E-state index contributed by atoms with van der Waals surface area (Å²) < 4.78 is 12.9. The molecular formula is C18H13Cl2FN4O. The molecule has 3 aromatic rings. The molecule has 0 aliphatic carbocycles. The van der Waals surface area contributed by atoms with E-state index in [0.717, 1.165) is 5.56 Å². The van der Waals surface area contributed by atoms with Crippen molar-refractivity contribution in [2.24, 2.45) is 0 Å². The number of aromatic nitrogens is 2. The fourth-order valence-corrected chi connectivity index (χ4v) is 2.62. The van der Waals surface area contributed by atoms with Crippen LogP contribution in [0.25, 0.3) is 0 Å². The van der Waals surface area contributed by atoms with Gasteiger partial charge in [-0.1, -0.05) is 41.4 Å². The van der Waals surface area contributed by atoms with E-state index in [2.05, 4.69) is 20.6 Å². The molecule has 0 saturated heterocycles. The Hall–Kier alpha value is -2.70. The Labute approximate surface area is 159 Å². The summed E-state index contributed by atoms with van der Waals surface area (Å²) in [6, 6.07) is 11.0. The molecule has 0 bridgehead atoms. The van der Waals surface area contributed by atoms with Crippen LogP contribution >= 0.6 is 23.2 Å². The lowest BCUT2D eigenvalue weighted by Crippen LogP contribution is -2.15. The zero-order chi connectivity index (χ0) is 18.5. The van der Waals surface area contributed by atoms with Gasteiger partial charge in [0.15, 0.2) is 0 Å². The average Bonchev–Trinajstić information content (AvgIpc) is 2.65. The van der Waals surface area contributed by atoms with Crippen LogP contribution in [0.1, 0.15) is 16.1 Å². The molecule has 132 valence electrons. The lowest BCUT2D eigenvalue weighted by Gasteiger charge is -2.09. The molecule has 26 heavy (non-hydrogen) atoms. The number of hydrogen-bond donors (Lipinski definition) is 2. The van der Waals surface area contributed by atoms with E-state index in [1.165, 1.54) is 24.5 Å². The third-order valence-corrected chi connectivity index (χ3v) is 4.10. The largest absolute Gasteiger partial charge is 0.365 e. The number of anilines is 2. The Morgan fingerprint density at radius 2 is 1.69 bits per heavy atom. The summed E-state index contributed by atoms with van der Waals surface area (Å²) in [6.07, 6.45) is 2.78. The molecule has 0 radical (unpaired) electrons. The van der Waals surface area contributed by atoms with Gasteiger partial charge in [0.1, 0.15) is 17.3 Å². The highest BCUT2D eigenvalue weighted by molar-refractivity contribution is 6.39.